The fourth-order valence-electron chi connectivity index (χ4n) is 3.47. The lowest BCUT2D eigenvalue weighted by Gasteiger charge is -2.12. The number of carboxylic acid groups (broad SMARTS) is 1. The van der Waals surface area contributed by atoms with E-state index in [0.717, 1.165) is 10.0 Å². The van der Waals surface area contributed by atoms with Crippen molar-refractivity contribution in [1.29, 1.82) is 0 Å². The number of carboxylic acids is 1. The number of benzene rings is 3. The molecule has 3 aromatic carbocycles. The Morgan fingerprint density at radius 2 is 1.64 bits per heavy atom. The van der Waals surface area contributed by atoms with Crippen LogP contribution in [-0.2, 0) is 14.8 Å². The predicted molar refractivity (Wildman–Crippen MR) is 124 cm³/mol. The summed E-state index contributed by atoms with van der Waals surface area (Å²) in [5, 5.41) is 9.30. The van der Waals surface area contributed by atoms with Crippen molar-refractivity contribution in [2.45, 2.75) is 4.90 Å². The van der Waals surface area contributed by atoms with Gasteiger partial charge in [0, 0.05) is 17.0 Å². The molecular weight excluding hydrogens is 442 g/mol. The SMILES string of the molecule is COc1ccc2c(c1)cc(C(=O)c1ccc(/C=C/C(=O)O)cc1)n2S(=O)(=O)c1ccccc1. The summed E-state index contributed by atoms with van der Waals surface area (Å²) in [5.41, 5.74) is 1.19. The van der Waals surface area contributed by atoms with Gasteiger partial charge in [-0.25, -0.2) is 17.2 Å². The Kier molecular flexibility index (Phi) is 5.85. The van der Waals surface area contributed by atoms with E-state index in [1.165, 1.54) is 43.5 Å². The number of hydrogen-bond donors (Lipinski definition) is 1. The fraction of sp³-hybridized carbons (Fsp3) is 0.0400. The van der Waals surface area contributed by atoms with E-state index in [1.807, 2.05) is 0 Å². The fourth-order valence-corrected chi connectivity index (χ4v) is 5.00. The van der Waals surface area contributed by atoms with E-state index >= 15 is 0 Å². The van der Waals surface area contributed by atoms with Crippen LogP contribution < -0.4 is 4.74 Å². The molecule has 0 aliphatic carbocycles. The number of aliphatic carboxylic acids is 1. The van der Waals surface area contributed by atoms with Gasteiger partial charge in [-0.3, -0.25) is 4.79 Å². The Labute approximate surface area is 190 Å². The first-order chi connectivity index (χ1) is 15.8. The largest absolute Gasteiger partial charge is 0.497 e. The second-order valence-corrected chi connectivity index (χ2v) is 8.95. The molecule has 1 N–H and O–H groups in total. The average molecular weight is 461 g/mol. The Morgan fingerprint density at radius 3 is 2.27 bits per heavy atom. The molecule has 0 atom stereocenters. The summed E-state index contributed by atoms with van der Waals surface area (Å²) in [6.45, 7) is 0. The van der Waals surface area contributed by atoms with Crippen LogP contribution in [0.15, 0.2) is 89.8 Å². The number of rotatable bonds is 7. The first-order valence-corrected chi connectivity index (χ1v) is 11.3. The quantitative estimate of drug-likeness (QED) is 0.327. The minimum atomic E-state index is -4.07. The van der Waals surface area contributed by atoms with Gasteiger partial charge in [-0.1, -0.05) is 42.5 Å². The Balaban J connectivity index is 1.87. The molecule has 1 aromatic heterocycles. The molecule has 0 radical (unpaired) electrons. The topological polar surface area (TPSA) is 103 Å². The smallest absolute Gasteiger partial charge is 0.328 e. The highest BCUT2D eigenvalue weighted by atomic mass is 32.2. The normalized spacial score (nSPS) is 11.7. The summed E-state index contributed by atoms with van der Waals surface area (Å²) in [6, 6.07) is 20.6. The molecule has 0 saturated carbocycles. The van der Waals surface area contributed by atoms with Crippen LogP contribution in [0.5, 0.6) is 5.75 Å². The first-order valence-electron chi connectivity index (χ1n) is 9.87. The number of fused-ring (bicyclic) bond motifs is 1. The maximum absolute atomic E-state index is 13.5. The summed E-state index contributed by atoms with van der Waals surface area (Å²) in [6.07, 6.45) is 2.40. The summed E-state index contributed by atoms with van der Waals surface area (Å²) in [7, 11) is -2.57. The zero-order chi connectivity index (χ0) is 23.6. The number of ether oxygens (including phenoxy) is 1. The van der Waals surface area contributed by atoms with Crippen molar-refractivity contribution in [2.24, 2.45) is 0 Å². The van der Waals surface area contributed by atoms with Crippen LogP contribution in [0.2, 0.25) is 0 Å². The van der Waals surface area contributed by atoms with Gasteiger partial charge in [0.05, 0.1) is 17.5 Å². The molecule has 33 heavy (non-hydrogen) atoms. The second-order valence-electron chi connectivity index (χ2n) is 7.16. The molecule has 0 bridgehead atoms. The van der Waals surface area contributed by atoms with Crippen LogP contribution >= 0.6 is 0 Å². The zero-order valence-corrected chi connectivity index (χ0v) is 18.3. The molecule has 7 nitrogen and oxygen atoms in total. The number of methoxy groups -OCH3 is 1. The third-order valence-corrected chi connectivity index (χ3v) is 6.81. The molecule has 0 saturated heterocycles. The van der Waals surface area contributed by atoms with E-state index in [-0.39, 0.29) is 16.2 Å². The number of aromatic nitrogens is 1. The molecule has 1 heterocycles. The molecule has 0 aliphatic rings. The van der Waals surface area contributed by atoms with Gasteiger partial charge in [-0.05, 0) is 48.0 Å². The van der Waals surface area contributed by atoms with Gasteiger partial charge in [0.2, 0.25) is 5.78 Å². The molecule has 0 spiro atoms. The van der Waals surface area contributed by atoms with E-state index in [9.17, 15) is 18.0 Å². The van der Waals surface area contributed by atoms with Crippen molar-refractivity contribution in [3.05, 3.63) is 102 Å². The van der Waals surface area contributed by atoms with E-state index in [2.05, 4.69) is 0 Å². The maximum atomic E-state index is 13.5. The van der Waals surface area contributed by atoms with Gasteiger partial charge in [0.25, 0.3) is 10.0 Å². The van der Waals surface area contributed by atoms with Crippen molar-refractivity contribution in [3.8, 4) is 5.75 Å². The molecule has 8 heteroatoms. The van der Waals surface area contributed by atoms with Gasteiger partial charge in [-0.15, -0.1) is 0 Å². The number of carbonyl (C=O) groups excluding carboxylic acids is 1. The number of ketones is 1. The molecule has 4 aromatic rings. The van der Waals surface area contributed by atoms with Crippen LogP contribution in [0.4, 0.5) is 0 Å². The summed E-state index contributed by atoms with van der Waals surface area (Å²) < 4.78 is 33.4. The van der Waals surface area contributed by atoms with Crippen molar-refractivity contribution < 1.29 is 27.9 Å². The third kappa shape index (κ3) is 4.28. The number of hydrogen-bond acceptors (Lipinski definition) is 5. The first kappa shape index (κ1) is 22.0. The molecule has 166 valence electrons. The monoisotopic (exact) mass is 461 g/mol. The lowest BCUT2D eigenvalue weighted by atomic mass is 10.1. The summed E-state index contributed by atoms with van der Waals surface area (Å²) in [5.74, 6) is -1.04. The van der Waals surface area contributed by atoms with Crippen LogP contribution in [0.3, 0.4) is 0 Å². The molecule has 0 aliphatic heterocycles. The molecule has 0 amide bonds. The summed E-state index contributed by atoms with van der Waals surface area (Å²) >= 11 is 0. The average Bonchev–Trinajstić information content (AvgIpc) is 3.22. The van der Waals surface area contributed by atoms with Gasteiger partial charge in [0.15, 0.2) is 0 Å². The van der Waals surface area contributed by atoms with E-state index in [0.29, 0.717) is 22.2 Å². The van der Waals surface area contributed by atoms with Crippen molar-refractivity contribution in [1.82, 2.24) is 3.97 Å². The van der Waals surface area contributed by atoms with E-state index in [1.54, 1.807) is 48.5 Å². The Bertz CT molecular complexity index is 1480. The van der Waals surface area contributed by atoms with Crippen molar-refractivity contribution >= 4 is 38.8 Å². The Morgan fingerprint density at radius 1 is 0.939 bits per heavy atom. The van der Waals surface area contributed by atoms with E-state index < -0.39 is 21.8 Å². The Hall–Kier alpha value is -4.17. The van der Waals surface area contributed by atoms with Gasteiger partial charge >= 0.3 is 5.97 Å². The highest BCUT2D eigenvalue weighted by Crippen LogP contribution is 2.30. The molecular formula is C25H19NO6S. The van der Waals surface area contributed by atoms with Gasteiger partial charge < -0.3 is 9.84 Å². The zero-order valence-electron chi connectivity index (χ0n) is 17.5. The van der Waals surface area contributed by atoms with E-state index in [4.69, 9.17) is 9.84 Å². The van der Waals surface area contributed by atoms with Crippen LogP contribution in [0, 0.1) is 0 Å². The number of nitrogens with zero attached hydrogens (tertiary/aromatic N) is 1. The van der Waals surface area contributed by atoms with Crippen molar-refractivity contribution in [2.75, 3.05) is 7.11 Å². The van der Waals surface area contributed by atoms with Gasteiger partial charge in [-0.2, -0.15) is 0 Å². The van der Waals surface area contributed by atoms with Crippen LogP contribution in [0.25, 0.3) is 17.0 Å². The van der Waals surface area contributed by atoms with Crippen molar-refractivity contribution in [3.63, 3.8) is 0 Å². The molecule has 4 rings (SSSR count). The second kappa shape index (κ2) is 8.76. The highest BCUT2D eigenvalue weighted by Gasteiger charge is 2.27. The van der Waals surface area contributed by atoms with Crippen LogP contribution in [-0.4, -0.2) is 36.4 Å². The third-order valence-electron chi connectivity index (χ3n) is 5.07. The lowest BCUT2D eigenvalue weighted by molar-refractivity contribution is -0.131. The highest BCUT2D eigenvalue weighted by molar-refractivity contribution is 7.90. The maximum Gasteiger partial charge on any atom is 0.328 e. The van der Waals surface area contributed by atoms with Crippen LogP contribution in [0.1, 0.15) is 21.6 Å². The minimum absolute atomic E-state index is 0.0177. The standard InChI is InChI=1S/C25H19NO6S/c1-32-20-12-13-22-19(15-20)16-23(26(22)33(30,31)21-5-3-2-4-6-21)25(29)18-10-7-17(8-11-18)9-14-24(27)28/h2-16H,1H3,(H,27,28)/b14-9+. The molecule has 0 unspecified atom stereocenters. The minimum Gasteiger partial charge on any atom is -0.497 e. The number of carbonyl (C=O) groups is 2. The lowest BCUT2D eigenvalue weighted by Crippen LogP contribution is -2.19. The summed E-state index contributed by atoms with van der Waals surface area (Å²) in [4.78, 5) is 24.2. The molecule has 0 fully saturated rings. The van der Waals surface area contributed by atoms with Gasteiger partial charge in [0.1, 0.15) is 11.4 Å². The predicted octanol–water partition coefficient (Wildman–Crippen LogP) is 4.22.